The van der Waals surface area contributed by atoms with Crippen molar-refractivity contribution in [1.29, 1.82) is 0 Å². The van der Waals surface area contributed by atoms with E-state index >= 15 is 0 Å². The van der Waals surface area contributed by atoms with Gasteiger partial charge in [-0.05, 0) is 37.0 Å². The zero-order valence-corrected chi connectivity index (χ0v) is 17.4. The number of hydrogen-bond donors (Lipinski definition) is 1. The van der Waals surface area contributed by atoms with Gasteiger partial charge in [-0.15, -0.1) is 0 Å². The Hall–Kier alpha value is -0.610. The van der Waals surface area contributed by atoms with Crippen LogP contribution in [0, 0.1) is 11.3 Å². The zero-order valence-electron chi connectivity index (χ0n) is 17.4. The summed E-state index contributed by atoms with van der Waals surface area (Å²) in [5.74, 6) is 0.862. The standard InChI is InChI=1S/C22H41N3O/c1-22(2,3)19-11-7-8-12-20(19)23-21(26)17-24-13-15-25(16-14-24)18-9-5-4-6-10-18/h18-20H,4-17H2,1-3H3,(H,23,26)/t19-,20-/m1/s1. The van der Waals surface area contributed by atoms with Gasteiger partial charge in [0.2, 0.25) is 5.91 Å². The van der Waals surface area contributed by atoms with E-state index in [1.165, 1.54) is 51.4 Å². The normalized spacial score (nSPS) is 30.3. The summed E-state index contributed by atoms with van der Waals surface area (Å²) >= 11 is 0. The molecule has 150 valence electrons. The highest BCUT2D eigenvalue weighted by Crippen LogP contribution is 2.38. The molecule has 2 saturated carbocycles. The Bertz CT molecular complexity index is 445. The van der Waals surface area contributed by atoms with E-state index in [-0.39, 0.29) is 11.3 Å². The summed E-state index contributed by atoms with van der Waals surface area (Å²) in [7, 11) is 0. The molecule has 1 aliphatic heterocycles. The third kappa shape index (κ3) is 5.45. The van der Waals surface area contributed by atoms with Gasteiger partial charge in [0, 0.05) is 38.3 Å². The maximum absolute atomic E-state index is 12.7. The van der Waals surface area contributed by atoms with Crippen molar-refractivity contribution >= 4 is 5.91 Å². The van der Waals surface area contributed by atoms with Crippen LogP contribution in [-0.4, -0.2) is 60.5 Å². The molecule has 4 nitrogen and oxygen atoms in total. The first-order chi connectivity index (χ1) is 12.4. The molecule has 2 atom stereocenters. The van der Waals surface area contributed by atoms with Crippen molar-refractivity contribution < 1.29 is 4.79 Å². The van der Waals surface area contributed by atoms with Gasteiger partial charge >= 0.3 is 0 Å². The third-order valence-electron chi connectivity index (χ3n) is 7.09. The SMILES string of the molecule is CC(C)(C)[C@@H]1CCCC[C@H]1NC(=O)CN1CCN(C2CCCCC2)CC1. The van der Waals surface area contributed by atoms with Crippen LogP contribution in [0.25, 0.3) is 0 Å². The van der Waals surface area contributed by atoms with Gasteiger partial charge in [-0.2, -0.15) is 0 Å². The van der Waals surface area contributed by atoms with Crippen molar-refractivity contribution in [2.45, 2.75) is 90.6 Å². The molecule has 0 spiro atoms. The van der Waals surface area contributed by atoms with Crippen LogP contribution in [0.3, 0.4) is 0 Å². The van der Waals surface area contributed by atoms with Crippen LogP contribution in [0.15, 0.2) is 0 Å². The van der Waals surface area contributed by atoms with Crippen molar-refractivity contribution in [2.24, 2.45) is 11.3 Å². The smallest absolute Gasteiger partial charge is 0.234 e. The highest BCUT2D eigenvalue weighted by Gasteiger charge is 2.35. The lowest BCUT2D eigenvalue weighted by atomic mass is 9.69. The fourth-order valence-electron chi connectivity index (χ4n) is 5.53. The predicted molar refractivity (Wildman–Crippen MR) is 108 cm³/mol. The van der Waals surface area contributed by atoms with Gasteiger partial charge in [0.25, 0.3) is 0 Å². The van der Waals surface area contributed by atoms with E-state index in [9.17, 15) is 4.79 Å². The van der Waals surface area contributed by atoms with Crippen LogP contribution in [0.5, 0.6) is 0 Å². The number of nitrogens with zero attached hydrogens (tertiary/aromatic N) is 2. The van der Waals surface area contributed by atoms with Crippen molar-refractivity contribution in [1.82, 2.24) is 15.1 Å². The minimum absolute atomic E-state index is 0.247. The maximum atomic E-state index is 12.7. The van der Waals surface area contributed by atoms with Crippen LogP contribution >= 0.6 is 0 Å². The van der Waals surface area contributed by atoms with E-state index in [0.717, 1.165) is 38.6 Å². The van der Waals surface area contributed by atoms with Crippen LogP contribution in [-0.2, 0) is 4.79 Å². The van der Waals surface area contributed by atoms with E-state index in [0.29, 0.717) is 18.5 Å². The molecule has 1 heterocycles. The molecule has 1 N–H and O–H groups in total. The lowest BCUT2D eigenvalue weighted by Crippen LogP contribution is -2.54. The van der Waals surface area contributed by atoms with Gasteiger partial charge in [-0.3, -0.25) is 14.6 Å². The molecule has 1 amide bonds. The first-order valence-electron chi connectivity index (χ1n) is 11.2. The summed E-state index contributed by atoms with van der Waals surface area (Å²) < 4.78 is 0. The van der Waals surface area contributed by atoms with Gasteiger partial charge in [0.1, 0.15) is 0 Å². The van der Waals surface area contributed by atoms with Crippen LogP contribution in [0.2, 0.25) is 0 Å². The van der Waals surface area contributed by atoms with Crippen LogP contribution < -0.4 is 5.32 Å². The Labute approximate surface area is 161 Å². The third-order valence-corrected chi connectivity index (χ3v) is 7.09. The average Bonchev–Trinajstić information content (AvgIpc) is 2.62. The monoisotopic (exact) mass is 363 g/mol. The Morgan fingerprint density at radius 3 is 2.15 bits per heavy atom. The molecule has 3 fully saturated rings. The number of nitrogens with one attached hydrogen (secondary N) is 1. The summed E-state index contributed by atoms with van der Waals surface area (Å²) in [4.78, 5) is 17.7. The van der Waals surface area contributed by atoms with Gasteiger partial charge in [0.15, 0.2) is 0 Å². The zero-order chi connectivity index (χ0) is 18.6. The molecule has 0 unspecified atom stereocenters. The quantitative estimate of drug-likeness (QED) is 0.828. The second-order valence-electron chi connectivity index (χ2n) is 10.0. The first kappa shape index (κ1) is 20.1. The van der Waals surface area contributed by atoms with Crippen molar-refractivity contribution in [3.8, 4) is 0 Å². The summed E-state index contributed by atoms with van der Waals surface area (Å²) in [6, 6.07) is 1.19. The van der Waals surface area contributed by atoms with E-state index in [2.05, 4.69) is 35.9 Å². The Morgan fingerprint density at radius 2 is 1.50 bits per heavy atom. The van der Waals surface area contributed by atoms with Crippen molar-refractivity contribution in [3.63, 3.8) is 0 Å². The molecule has 4 heteroatoms. The number of carbonyl (C=O) groups is 1. The largest absolute Gasteiger partial charge is 0.352 e. The fraction of sp³-hybridized carbons (Fsp3) is 0.955. The average molecular weight is 364 g/mol. The molecular weight excluding hydrogens is 322 g/mol. The number of amides is 1. The highest BCUT2D eigenvalue weighted by atomic mass is 16.2. The lowest BCUT2D eigenvalue weighted by Gasteiger charge is -2.42. The van der Waals surface area contributed by atoms with Crippen molar-refractivity contribution in [3.05, 3.63) is 0 Å². The summed E-state index contributed by atoms with van der Waals surface area (Å²) in [5, 5.41) is 3.40. The highest BCUT2D eigenvalue weighted by molar-refractivity contribution is 5.78. The Balaban J connectivity index is 1.42. The molecule has 0 aromatic rings. The minimum Gasteiger partial charge on any atom is -0.352 e. The molecular formula is C22H41N3O. The van der Waals surface area contributed by atoms with E-state index in [1.807, 2.05) is 0 Å². The molecule has 0 radical (unpaired) electrons. The molecule has 1 saturated heterocycles. The molecule has 3 aliphatic rings. The second kappa shape index (κ2) is 9.05. The fourth-order valence-corrected chi connectivity index (χ4v) is 5.53. The molecule has 2 aliphatic carbocycles. The molecule has 3 rings (SSSR count). The predicted octanol–water partition coefficient (Wildman–Crippen LogP) is 3.66. The Morgan fingerprint density at radius 1 is 0.885 bits per heavy atom. The molecule has 0 aromatic heterocycles. The van der Waals surface area contributed by atoms with E-state index in [4.69, 9.17) is 0 Å². The molecule has 0 aromatic carbocycles. The van der Waals surface area contributed by atoms with Gasteiger partial charge in [-0.25, -0.2) is 0 Å². The number of carbonyl (C=O) groups excluding carboxylic acids is 1. The van der Waals surface area contributed by atoms with Gasteiger partial charge in [-0.1, -0.05) is 52.9 Å². The number of rotatable bonds is 4. The summed E-state index contributed by atoms with van der Waals surface area (Å²) in [6.45, 7) is 12.0. The van der Waals surface area contributed by atoms with Gasteiger partial charge < -0.3 is 5.32 Å². The summed E-state index contributed by atoms with van der Waals surface area (Å²) in [5.41, 5.74) is 0.282. The minimum atomic E-state index is 0.247. The van der Waals surface area contributed by atoms with E-state index in [1.54, 1.807) is 0 Å². The van der Waals surface area contributed by atoms with Crippen LogP contribution in [0.1, 0.15) is 78.6 Å². The number of hydrogen-bond acceptors (Lipinski definition) is 3. The molecule has 26 heavy (non-hydrogen) atoms. The summed E-state index contributed by atoms with van der Waals surface area (Å²) in [6.07, 6.45) is 12.0. The topological polar surface area (TPSA) is 35.6 Å². The van der Waals surface area contributed by atoms with E-state index < -0.39 is 0 Å². The maximum Gasteiger partial charge on any atom is 0.234 e. The first-order valence-corrected chi connectivity index (χ1v) is 11.2. The van der Waals surface area contributed by atoms with Crippen LogP contribution in [0.4, 0.5) is 0 Å². The van der Waals surface area contributed by atoms with Gasteiger partial charge in [0.05, 0.1) is 6.54 Å². The molecule has 0 bridgehead atoms. The number of piperazine rings is 1. The Kier molecular flexibility index (Phi) is 7.01. The lowest BCUT2D eigenvalue weighted by molar-refractivity contribution is -0.124. The van der Waals surface area contributed by atoms with Crippen molar-refractivity contribution in [2.75, 3.05) is 32.7 Å². The second-order valence-corrected chi connectivity index (χ2v) is 10.0.